The number of benzene rings is 1. The van der Waals surface area contributed by atoms with E-state index in [2.05, 4.69) is 46.2 Å². The molecule has 1 heterocycles. The second-order valence-corrected chi connectivity index (χ2v) is 5.63. The zero-order chi connectivity index (χ0) is 13.3. The maximum absolute atomic E-state index is 6.31. The SMILES string of the molecule is Cc1cc(CC(N)c2cc(Br)ccc2C)n(C)n1. The fourth-order valence-corrected chi connectivity index (χ4v) is 2.58. The van der Waals surface area contributed by atoms with Crippen LogP contribution in [0.2, 0.25) is 0 Å². The highest BCUT2D eigenvalue weighted by atomic mass is 79.9. The summed E-state index contributed by atoms with van der Waals surface area (Å²) < 4.78 is 2.97. The lowest BCUT2D eigenvalue weighted by molar-refractivity contribution is 0.637. The number of aromatic nitrogens is 2. The fourth-order valence-electron chi connectivity index (χ4n) is 2.20. The molecule has 1 aromatic carbocycles. The van der Waals surface area contributed by atoms with Crippen LogP contribution in [0.3, 0.4) is 0 Å². The van der Waals surface area contributed by atoms with Gasteiger partial charge in [0.25, 0.3) is 0 Å². The molecule has 0 spiro atoms. The van der Waals surface area contributed by atoms with Crippen LogP contribution >= 0.6 is 15.9 Å². The van der Waals surface area contributed by atoms with Crippen molar-refractivity contribution < 1.29 is 0 Å². The molecule has 0 saturated heterocycles. The van der Waals surface area contributed by atoms with Gasteiger partial charge in [-0.2, -0.15) is 5.10 Å². The Kier molecular flexibility index (Phi) is 3.88. The van der Waals surface area contributed by atoms with E-state index in [9.17, 15) is 0 Å². The standard InChI is InChI=1S/C14H18BrN3/c1-9-4-5-11(15)7-13(9)14(16)8-12-6-10(2)17-18(12)3/h4-7,14H,8,16H2,1-3H3. The van der Waals surface area contributed by atoms with E-state index in [4.69, 9.17) is 5.73 Å². The Labute approximate surface area is 116 Å². The van der Waals surface area contributed by atoms with E-state index in [1.165, 1.54) is 16.8 Å². The lowest BCUT2D eigenvalue weighted by atomic mass is 9.98. The van der Waals surface area contributed by atoms with Gasteiger partial charge in [0.1, 0.15) is 0 Å². The molecule has 0 radical (unpaired) electrons. The van der Waals surface area contributed by atoms with Crippen molar-refractivity contribution in [3.63, 3.8) is 0 Å². The first-order valence-electron chi connectivity index (χ1n) is 5.98. The quantitative estimate of drug-likeness (QED) is 0.947. The topological polar surface area (TPSA) is 43.8 Å². The Morgan fingerprint density at radius 1 is 1.33 bits per heavy atom. The van der Waals surface area contributed by atoms with Crippen LogP contribution in [0.15, 0.2) is 28.7 Å². The number of rotatable bonds is 3. The lowest BCUT2D eigenvalue weighted by Gasteiger charge is -2.15. The zero-order valence-corrected chi connectivity index (χ0v) is 12.5. The summed E-state index contributed by atoms with van der Waals surface area (Å²) in [5.74, 6) is 0. The van der Waals surface area contributed by atoms with Gasteiger partial charge in [-0.3, -0.25) is 4.68 Å². The van der Waals surface area contributed by atoms with Crippen molar-refractivity contribution in [1.82, 2.24) is 9.78 Å². The molecule has 0 fully saturated rings. The number of nitrogens with two attached hydrogens (primary N) is 1. The van der Waals surface area contributed by atoms with Crippen LogP contribution in [0.1, 0.15) is 28.6 Å². The number of halogens is 1. The normalized spacial score (nSPS) is 12.7. The summed E-state index contributed by atoms with van der Waals surface area (Å²) in [6.45, 7) is 4.09. The van der Waals surface area contributed by atoms with Crippen LogP contribution in [0.5, 0.6) is 0 Å². The van der Waals surface area contributed by atoms with E-state index in [1.807, 2.05) is 24.7 Å². The summed E-state index contributed by atoms with van der Waals surface area (Å²) in [5, 5.41) is 4.35. The minimum Gasteiger partial charge on any atom is -0.324 e. The highest BCUT2D eigenvalue weighted by molar-refractivity contribution is 9.10. The maximum atomic E-state index is 6.31. The summed E-state index contributed by atoms with van der Waals surface area (Å²) >= 11 is 3.50. The largest absolute Gasteiger partial charge is 0.324 e. The number of hydrogen-bond donors (Lipinski definition) is 1. The van der Waals surface area contributed by atoms with Gasteiger partial charge in [-0.25, -0.2) is 0 Å². The monoisotopic (exact) mass is 307 g/mol. The van der Waals surface area contributed by atoms with Crippen LogP contribution in [0.25, 0.3) is 0 Å². The summed E-state index contributed by atoms with van der Waals surface area (Å²) in [5.41, 5.74) is 10.9. The molecule has 2 N–H and O–H groups in total. The van der Waals surface area contributed by atoms with Gasteiger partial charge in [0.2, 0.25) is 0 Å². The summed E-state index contributed by atoms with van der Waals surface area (Å²) in [6, 6.07) is 8.32. The molecule has 18 heavy (non-hydrogen) atoms. The predicted octanol–water partition coefficient (Wildman–Crippen LogP) is 3.04. The van der Waals surface area contributed by atoms with Crippen molar-refractivity contribution in [1.29, 1.82) is 0 Å². The first-order chi connectivity index (χ1) is 8.47. The minimum atomic E-state index is -0.00250. The third-order valence-corrected chi connectivity index (χ3v) is 3.66. The Bertz CT molecular complexity index is 560. The molecular formula is C14H18BrN3. The van der Waals surface area contributed by atoms with E-state index in [-0.39, 0.29) is 6.04 Å². The Balaban J connectivity index is 2.24. The van der Waals surface area contributed by atoms with E-state index in [1.54, 1.807) is 0 Å². The first kappa shape index (κ1) is 13.3. The minimum absolute atomic E-state index is 0.00250. The van der Waals surface area contributed by atoms with Crippen molar-refractivity contribution in [2.45, 2.75) is 26.3 Å². The molecule has 0 amide bonds. The molecule has 1 unspecified atom stereocenters. The number of aryl methyl sites for hydroxylation is 3. The van der Waals surface area contributed by atoms with Gasteiger partial charge in [0, 0.05) is 29.7 Å². The average molecular weight is 308 g/mol. The molecule has 1 atom stereocenters. The van der Waals surface area contributed by atoms with Crippen molar-refractivity contribution in [3.05, 3.63) is 51.3 Å². The second kappa shape index (κ2) is 5.24. The van der Waals surface area contributed by atoms with E-state index in [0.717, 1.165) is 16.6 Å². The van der Waals surface area contributed by atoms with Gasteiger partial charge in [-0.05, 0) is 43.2 Å². The molecule has 2 aromatic rings. The third-order valence-electron chi connectivity index (χ3n) is 3.17. The molecule has 0 aliphatic carbocycles. The Morgan fingerprint density at radius 2 is 2.06 bits per heavy atom. The van der Waals surface area contributed by atoms with Crippen LogP contribution < -0.4 is 5.73 Å². The molecule has 1 aromatic heterocycles. The molecule has 3 nitrogen and oxygen atoms in total. The highest BCUT2D eigenvalue weighted by Crippen LogP contribution is 2.23. The lowest BCUT2D eigenvalue weighted by Crippen LogP contribution is -2.16. The van der Waals surface area contributed by atoms with Crippen LogP contribution in [0, 0.1) is 13.8 Å². The molecule has 4 heteroatoms. The van der Waals surface area contributed by atoms with Crippen molar-refractivity contribution >= 4 is 15.9 Å². The molecule has 0 aliphatic heterocycles. The number of nitrogens with zero attached hydrogens (tertiary/aromatic N) is 2. The van der Waals surface area contributed by atoms with Gasteiger partial charge < -0.3 is 5.73 Å². The molecule has 0 aliphatic rings. The molecule has 0 saturated carbocycles. The van der Waals surface area contributed by atoms with Gasteiger partial charge in [-0.1, -0.05) is 22.0 Å². The Hall–Kier alpha value is -1.13. The van der Waals surface area contributed by atoms with Crippen molar-refractivity contribution in [2.75, 3.05) is 0 Å². The van der Waals surface area contributed by atoms with Gasteiger partial charge in [0.05, 0.1) is 5.69 Å². The smallest absolute Gasteiger partial charge is 0.0596 e. The zero-order valence-electron chi connectivity index (χ0n) is 10.9. The second-order valence-electron chi connectivity index (χ2n) is 4.71. The fraction of sp³-hybridized carbons (Fsp3) is 0.357. The predicted molar refractivity (Wildman–Crippen MR) is 77.5 cm³/mol. The molecule has 96 valence electrons. The van der Waals surface area contributed by atoms with Gasteiger partial charge in [-0.15, -0.1) is 0 Å². The summed E-state index contributed by atoms with van der Waals surface area (Å²) in [6.07, 6.45) is 0.800. The van der Waals surface area contributed by atoms with E-state index < -0.39 is 0 Å². The van der Waals surface area contributed by atoms with Crippen LogP contribution in [0.4, 0.5) is 0 Å². The van der Waals surface area contributed by atoms with E-state index in [0.29, 0.717) is 0 Å². The Morgan fingerprint density at radius 3 is 2.67 bits per heavy atom. The van der Waals surface area contributed by atoms with Crippen molar-refractivity contribution in [2.24, 2.45) is 12.8 Å². The van der Waals surface area contributed by atoms with Crippen LogP contribution in [-0.4, -0.2) is 9.78 Å². The van der Waals surface area contributed by atoms with Crippen molar-refractivity contribution in [3.8, 4) is 0 Å². The third kappa shape index (κ3) is 2.82. The van der Waals surface area contributed by atoms with E-state index >= 15 is 0 Å². The highest BCUT2D eigenvalue weighted by Gasteiger charge is 2.13. The summed E-state index contributed by atoms with van der Waals surface area (Å²) in [7, 11) is 1.96. The molecular weight excluding hydrogens is 290 g/mol. The van der Waals surface area contributed by atoms with Crippen LogP contribution in [-0.2, 0) is 13.5 Å². The number of hydrogen-bond acceptors (Lipinski definition) is 2. The van der Waals surface area contributed by atoms with Gasteiger partial charge in [0.15, 0.2) is 0 Å². The van der Waals surface area contributed by atoms with Gasteiger partial charge >= 0.3 is 0 Å². The maximum Gasteiger partial charge on any atom is 0.0596 e. The summed E-state index contributed by atoms with van der Waals surface area (Å²) in [4.78, 5) is 0. The molecule has 2 rings (SSSR count). The first-order valence-corrected chi connectivity index (χ1v) is 6.78. The average Bonchev–Trinajstić information content (AvgIpc) is 2.61. The molecule has 0 bridgehead atoms.